The van der Waals surface area contributed by atoms with Crippen molar-refractivity contribution in [1.82, 2.24) is 10.2 Å². The molecule has 0 radical (unpaired) electrons. The summed E-state index contributed by atoms with van der Waals surface area (Å²) in [4.78, 5) is 15.6. The molecule has 0 aromatic heterocycles. The highest BCUT2D eigenvalue weighted by molar-refractivity contribution is 5.84. The van der Waals surface area contributed by atoms with Gasteiger partial charge in [0.2, 0.25) is 5.91 Å². The fourth-order valence-corrected chi connectivity index (χ4v) is 5.71. The molecular formula is C26H35F3N2O2. The zero-order chi connectivity index (χ0) is 23.6. The Hall–Kier alpha value is -1.86. The van der Waals surface area contributed by atoms with E-state index in [0.29, 0.717) is 37.2 Å². The fraction of sp³-hybridized carbons (Fsp3) is 0.654. The van der Waals surface area contributed by atoms with Crippen LogP contribution >= 0.6 is 0 Å². The number of benzene rings is 1. The van der Waals surface area contributed by atoms with Gasteiger partial charge in [-0.05, 0) is 67.7 Å². The maximum Gasteiger partial charge on any atom is 0.416 e. The molecular weight excluding hydrogens is 429 g/mol. The molecule has 2 unspecified atom stereocenters. The molecule has 1 saturated heterocycles. The third-order valence-electron chi connectivity index (χ3n) is 7.83. The van der Waals surface area contributed by atoms with Crippen LogP contribution in [0.2, 0.25) is 0 Å². The van der Waals surface area contributed by atoms with Crippen LogP contribution in [0.1, 0.15) is 63.5 Å². The van der Waals surface area contributed by atoms with E-state index in [1.54, 1.807) is 6.07 Å². The van der Waals surface area contributed by atoms with Gasteiger partial charge in [-0.15, -0.1) is 0 Å². The molecule has 0 spiro atoms. The summed E-state index contributed by atoms with van der Waals surface area (Å²) in [6.07, 6.45) is 2.92. The number of carbonyl (C=O) groups is 1. The van der Waals surface area contributed by atoms with Crippen molar-refractivity contribution in [3.05, 3.63) is 41.5 Å². The van der Waals surface area contributed by atoms with Crippen molar-refractivity contribution in [2.75, 3.05) is 26.3 Å². The topological polar surface area (TPSA) is 41.6 Å². The monoisotopic (exact) mass is 464 g/mol. The maximum absolute atomic E-state index is 13.7. The third kappa shape index (κ3) is 5.29. The molecule has 33 heavy (non-hydrogen) atoms. The SMILES string of the molecule is CC(C)C1(C(=O)N2CC=C(c3cccc(C(F)(F)F)c3)CC2)CCC(NC2CCOCC2)C1. The number of ether oxygens (including phenoxy) is 1. The van der Waals surface area contributed by atoms with Crippen molar-refractivity contribution < 1.29 is 22.7 Å². The lowest BCUT2D eigenvalue weighted by molar-refractivity contribution is -0.144. The van der Waals surface area contributed by atoms with Crippen LogP contribution in [0.25, 0.3) is 5.57 Å². The first kappa shape index (κ1) is 24.3. The Morgan fingerprint density at radius 1 is 1.18 bits per heavy atom. The number of halogens is 3. The number of nitrogens with zero attached hydrogens (tertiary/aromatic N) is 1. The number of nitrogens with one attached hydrogen (secondary N) is 1. The average molecular weight is 465 g/mol. The van der Waals surface area contributed by atoms with E-state index >= 15 is 0 Å². The predicted molar refractivity (Wildman–Crippen MR) is 123 cm³/mol. The highest BCUT2D eigenvalue weighted by Gasteiger charge is 2.49. The smallest absolute Gasteiger partial charge is 0.381 e. The van der Waals surface area contributed by atoms with Crippen LogP contribution in [0.5, 0.6) is 0 Å². The Balaban J connectivity index is 1.42. The lowest BCUT2D eigenvalue weighted by Gasteiger charge is -2.39. The Kier molecular flexibility index (Phi) is 7.20. The van der Waals surface area contributed by atoms with Crippen molar-refractivity contribution in [3.63, 3.8) is 0 Å². The van der Waals surface area contributed by atoms with Crippen LogP contribution in [0, 0.1) is 11.3 Å². The highest BCUT2D eigenvalue weighted by Crippen LogP contribution is 2.46. The summed E-state index contributed by atoms with van der Waals surface area (Å²) in [5, 5.41) is 3.78. The Morgan fingerprint density at radius 2 is 1.94 bits per heavy atom. The highest BCUT2D eigenvalue weighted by atomic mass is 19.4. The van der Waals surface area contributed by atoms with Crippen molar-refractivity contribution in [1.29, 1.82) is 0 Å². The Morgan fingerprint density at radius 3 is 2.58 bits per heavy atom. The molecule has 2 aliphatic heterocycles. The van der Waals surface area contributed by atoms with Gasteiger partial charge in [0.1, 0.15) is 0 Å². The molecule has 2 atom stereocenters. The molecule has 1 aromatic rings. The predicted octanol–water partition coefficient (Wildman–Crippen LogP) is 5.28. The van der Waals surface area contributed by atoms with Gasteiger partial charge in [-0.25, -0.2) is 0 Å². The van der Waals surface area contributed by atoms with Gasteiger partial charge in [0.05, 0.1) is 11.0 Å². The van der Waals surface area contributed by atoms with Crippen molar-refractivity contribution >= 4 is 11.5 Å². The van der Waals surface area contributed by atoms with Crippen LogP contribution < -0.4 is 5.32 Å². The summed E-state index contributed by atoms with van der Waals surface area (Å²) in [6.45, 7) is 6.88. The summed E-state index contributed by atoms with van der Waals surface area (Å²) in [5.41, 5.74) is 0.475. The molecule has 182 valence electrons. The quantitative estimate of drug-likeness (QED) is 0.644. The van der Waals surface area contributed by atoms with Crippen molar-refractivity contribution in [3.8, 4) is 0 Å². The number of carbonyl (C=O) groups excluding carboxylic acids is 1. The molecule has 1 amide bonds. The number of rotatable bonds is 5. The summed E-state index contributed by atoms with van der Waals surface area (Å²) in [5.74, 6) is 0.438. The lowest BCUT2D eigenvalue weighted by Crippen LogP contribution is -2.48. The van der Waals surface area contributed by atoms with E-state index in [-0.39, 0.29) is 17.2 Å². The van der Waals surface area contributed by atoms with Crippen LogP contribution in [0.4, 0.5) is 13.2 Å². The van der Waals surface area contributed by atoms with Crippen molar-refractivity contribution in [2.45, 2.75) is 70.6 Å². The Bertz CT molecular complexity index is 877. The lowest BCUT2D eigenvalue weighted by atomic mass is 9.74. The summed E-state index contributed by atoms with van der Waals surface area (Å²) in [7, 11) is 0. The average Bonchev–Trinajstić information content (AvgIpc) is 3.24. The molecule has 2 fully saturated rings. The van der Waals surface area contributed by atoms with E-state index in [9.17, 15) is 18.0 Å². The van der Waals surface area contributed by atoms with E-state index in [1.807, 2.05) is 11.0 Å². The molecule has 4 rings (SSSR count). The molecule has 1 N–H and O–H groups in total. The van der Waals surface area contributed by atoms with E-state index < -0.39 is 11.7 Å². The largest absolute Gasteiger partial charge is 0.416 e. The van der Waals surface area contributed by atoms with Crippen molar-refractivity contribution in [2.24, 2.45) is 11.3 Å². The number of hydrogen-bond acceptors (Lipinski definition) is 3. The first-order valence-corrected chi connectivity index (χ1v) is 12.2. The zero-order valence-corrected chi connectivity index (χ0v) is 19.6. The van der Waals surface area contributed by atoms with Gasteiger partial charge in [0.25, 0.3) is 0 Å². The molecule has 1 aromatic carbocycles. The van der Waals surface area contributed by atoms with Gasteiger partial charge in [0.15, 0.2) is 0 Å². The van der Waals surface area contributed by atoms with E-state index in [1.165, 1.54) is 12.1 Å². The van der Waals surface area contributed by atoms with Gasteiger partial charge in [-0.2, -0.15) is 13.2 Å². The van der Waals surface area contributed by atoms with Crippen LogP contribution in [0.15, 0.2) is 30.3 Å². The number of amides is 1. The summed E-state index contributed by atoms with van der Waals surface area (Å²) in [6, 6.07) is 6.30. The van der Waals surface area contributed by atoms with Gasteiger partial charge in [-0.3, -0.25) is 4.79 Å². The molecule has 2 heterocycles. The maximum atomic E-state index is 13.7. The molecule has 7 heteroatoms. The second-order valence-electron chi connectivity index (χ2n) is 10.1. The second kappa shape index (κ2) is 9.79. The minimum Gasteiger partial charge on any atom is -0.381 e. The first-order valence-electron chi connectivity index (χ1n) is 12.2. The van der Waals surface area contributed by atoms with Crippen LogP contribution in [0.3, 0.4) is 0 Å². The molecule has 4 nitrogen and oxygen atoms in total. The minimum atomic E-state index is -4.35. The zero-order valence-electron chi connectivity index (χ0n) is 19.6. The third-order valence-corrected chi connectivity index (χ3v) is 7.83. The second-order valence-corrected chi connectivity index (χ2v) is 10.1. The summed E-state index contributed by atoms with van der Waals surface area (Å²) >= 11 is 0. The Labute approximate surface area is 194 Å². The number of alkyl halides is 3. The normalized spacial score (nSPS) is 27.2. The van der Waals surface area contributed by atoms with E-state index in [4.69, 9.17) is 4.74 Å². The van der Waals surface area contributed by atoms with Gasteiger partial charge in [0, 0.05) is 38.4 Å². The molecule has 1 aliphatic carbocycles. The number of hydrogen-bond donors (Lipinski definition) is 1. The molecule has 0 bridgehead atoms. The van der Waals surface area contributed by atoms with Gasteiger partial charge in [-0.1, -0.05) is 32.1 Å². The van der Waals surface area contributed by atoms with Gasteiger partial charge < -0.3 is 15.0 Å². The standard InChI is InChI=1S/C26H35F3N2O2/c1-18(2)25(11-6-23(17-25)30-22-9-14-33-15-10-22)24(32)31-12-7-19(8-13-31)20-4-3-5-21(16-20)26(27,28)29/h3-5,7,16,18,22-23,30H,6,8-15,17H2,1-2H3. The summed E-state index contributed by atoms with van der Waals surface area (Å²) < 4.78 is 44.7. The van der Waals surface area contributed by atoms with Crippen LogP contribution in [-0.4, -0.2) is 49.2 Å². The van der Waals surface area contributed by atoms with E-state index in [0.717, 1.165) is 57.0 Å². The van der Waals surface area contributed by atoms with Crippen LogP contribution in [-0.2, 0) is 15.7 Å². The minimum absolute atomic E-state index is 0.202. The fourth-order valence-electron chi connectivity index (χ4n) is 5.71. The molecule has 1 saturated carbocycles. The van der Waals surface area contributed by atoms with E-state index in [2.05, 4.69) is 19.2 Å². The first-order chi connectivity index (χ1) is 15.7. The molecule has 3 aliphatic rings. The van der Waals surface area contributed by atoms with Gasteiger partial charge >= 0.3 is 6.18 Å².